The number of rotatable bonds is 7. The molecule has 2 N–H and O–H groups in total. The van der Waals surface area contributed by atoms with E-state index in [2.05, 4.69) is 10.3 Å². The summed E-state index contributed by atoms with van der Waals surface area (Å²) in [6, 6.07) is 10.6. The van der Waals surface area contributed by atoms with Crippen LogP contribution in [0.4, 0.5) is 5.69 Å². The lowest BCUT2D eigenvalue weighted by atomic mass is 10.0. The molecule has 1 aliphatic heterocycles. The Morgan fingerprint density at radius 2 is 2.17 bits per heavy atom. The van der Waals surface area contributed by atoms with E-state index in [1.807, 2.05) is 30.3 Å². The molecular formula is C22H25ClN4O3. The van der Waals surface area contributed by atoms with Gasteiger partial charge in [-0.2, -0.15) is 0 Å². The van der Waals surface area contributed by atoms with E-state index in [1.54, 1.807) is 26.1 Å². The topological polar surface area (TPSA) is 96.2 Å². The predicted octanol–water partition coefficient (Wildman–Crippen LogP) is 3.30. The van der Waals surface area contributed by atoms with Crippen molar-refractivity contribution in [1.29, 1.82) is 0 Å². The second-order valence-corrected chi connectivity index (χ2v) is 7.38. The highest BCUT2D eigenvalue weighted by molar-refractivity contribution is 6.31. The van der Waals surface area contributed by atoms with Crippen molar-refractivity contribution in [2.24, 2.45) is 9.98 Å². The maximum absolute atomic E-state index is 12.0. The van der Waals surface area contributed by atoms with Crippen molar-refractivity contribution in [2.45, 2.75) is 38.8 Å². The Balaban J connectivity index is 2.06. The lowest BCUT2D eigenvalue weighted by Gasteiger charge is -2.17. The van der Waals surface area contributed by atoms with Gasteiger partial charge in [0.2, 0.25) is 0 Å². The second-order valence-electron chi connectivity index (χ2n) is 6.94. The van der Waals surface area contributed by atoms with Crippen molar-refractivity contribution in [3.63, 3.8) is 0 Å². The minimum absolute atomic E-state index is 0.198. The van der Waals surface area contributed by atoms with Crippen molar-refractivity contribution in [3.8, 4) is 0 Å². The van der Waals surface area contributed by atoms with Crippen LogP contribution in [-0.4, -0.2) is 52.9 Å². The minimum Gasteiger partial charge on any atom is -0.466 e. The van der Waals surface area contributed by atoms with Crippen LogP contribution in [0.1, 0.15) is 37.9 Å². The maximum Gasteiger partial charge on any atom is 0.305 e. The molecule has 1 aromatic carbocycles. The number of halogens is 1. The number of nitrogens with one attached hydrogen (secondary N) is 1. The zero-order chi connectivity index (χ0) is 21.5. The first kappa shape index (κ1) is 21.9. The number of aliphatic hydroxyl groups is 1. The Morgan fingerprint density at radius 1 is 1.33 bits per heavy atom. The number of amidine groups is 1. The first-order chi connectivity index (χ1) is 14.5. The van der Waals surface area contributed by atoms with Gasteiger partial charge in [-0.05, 0) is 50.6 Å². The summed E-state index contributed by atoms with van der Waals surface area (Å²) in [6.45, 7) is 4.11. The number of esters is 1. The predicted molar refractivity (Wildman–Crippen MR) is 118 cm³/mol. The molecule has 30 heavy (non-hydrogen) atoms. The summed E-state index contributed by atoms with van der Waals surface area (Å²) < 4.78 is 5.07. The third kappa shape index (κ3) is 5.64. The van der Waals surface area contributed by atoms with Gasteiger partial charge in [-0.15, -0.1) is 0 Å². The smallest absolute Gasteiger partial charge is 0.305 e. The van der Waals surface area contributed by atoms with Gasteiger partial charge in [0.25, 0.3) is 0 Å². The monoisotopic (exact) mass is 428 g/mol. The summed E-state index contributed by atoms with van der Waals surface area (Å²) in [6.07, 6.45) is 1.74. The molecule has 3 rings (SSSR count). The second kappa shape index (κ2) is 10.3. The van der Waals surface area contributed by atoms with Crippen LogP contribution in [0.15, 0.2) is 52.6 Å². The molecule has 0 spiro atoms. The van der Waals surface area contributed by atoms with Gasteiger partial charge in [0, 0.05) is 29.7 Å². The number of fused-ring (bicyclic) bond motifs is 1. The van der Waals surface area contributed by atoms with E-state index in [0.29, 0.717) is 47.5 Å². The van der Waals surface area contributed by atoms with Crippen molar-refractivity contribution in [2.75, 3.05) is 13.2 Å². The molecule has 0 saturated carbocycles. The standard InChI is InChI=1S/C22H25ClN4O3/c1-3-30-20(29)10-9-19-22(25-13-14(2)28)27-17-8-7-15(23)12-16(17)21(26-19)18-6-4-5-11-24-18/h4-8,11-12,14,19,28H,3,9-10,13H2,1-2H3,(H,25,27)/t14?,19-/m0/s1. The molecule has 2 aromatic rings. The molecule has 158 valence electrons. The molecule has 0 fully saturated rings. The van der Waals surface area contributed by atoms with Crippen LogP contribution in [0.25, 0.3) is 0 Å². The number of carbonyl (C=O) groups is 1. The molecule has 0 radical (unpaired) electrons. The first-order valence-electron chi connectivity index (χ1n) is 9.93. The molecule has 1 aliphatic rings. The molecule has 2 heterocycles. The van der Waals surface area contributed by atoms with E-state index in [-0.39, 0.29) is 12.4 Å². The maximum atomic E-state index is 12.0. The Morgan fingerprint density at radius 3 is 2.87 bits per heavy atom. The fraction of sp³-hybridized carbons (Fsp3) is 0.364. The third-order valence-corrected chi connectivity index (χ3v) is 4.70. The van der Waals surface area contributed by atoms with Crippen LogP contribution in [0.2, 0.25) is 5.02 Å². The Hall–Kier alpha value is -2.77. The van der Waals surface area contributed by atoms with Crippen molar-refractivity contribution in [3.05, 3.63) is 58.9 Å². The fourth-order valence-corrected chi connectivity index (χ4v) is 3.26. The van der Waals surface area contributed by atoms with Crippen molar-refractivity contribution >= 4 is 34.8 Å². The molecule has 7 nitrogen and oxygen atoms in total. The van der Waals surface area contributed by atoms with E-state index in [4.69, 9.17) is 26.3 Å². The number of aliphatic imine (C=N–C) groups is 2. The number of carbonyl (C=O) groups excluding carboxylic acids is 1. The molecular weight excluding hydrogens is 404 g/mol. The van der Waals surface area contributed by atoms with E-state index < -0.39 is 12.1 Å². The number of benzene rings is 1. The highest BCUT2D eigenvalue weighted by Crippen LogP contribution is 2.29. The molecule has 2 atom stereocenters. The zero-order valence-electron chi connectivity index (χ0n) is 17.0. The number of nitrogens with zero attached hydrogens (tertiary/aromatic N) is 3. The lowest BCUT2D eigenvalue weighted by Crippen LogP contribution is -2.38. The number of aliphatic hydroxyl groups excluding tert-OH is 1. The van der Waals surface area contributed by atoms with E-state index in [9.17, 15) is 9.90 Å². The lowest BCUT2D eigenvalue weighted by molar-refractivity contribution is -0.143. The van der Waals surface area contributed by atoms with Gasteiger partial charge in [0.05, 0.1) is 29.8 Å². The van der Waals surface area contributed by atoms with E-state index in [1.165, 1.54) is 0 Å². The molecule has 1 aromatic heterocycles. The normalized spacial score (nSPS) is 16.6. The average Bonchev–Trinajstić information content (AvgIpc) is 2.88. The van der Waals surface area contributed by atoms with Gasteiger partial charge in [-0.3, -0.25) is 14.8 Å². The highest BCUT2D eigenvalue weighted by atomic mass is 35.5. The molecule has 1 unspecified atom stereocenters. The van der Waals surface area contributed by atoms with Gasteiger partial charge in [-0.25, -0.2) is 4.99 Å². The highest BCUT2D eigenvalue weighted by Gasteiger charge is 2.25. The van der Waals surface area contributed by atoms with Gasteiger partial charge in [0.1, 0.15) is 11.9 Å². The van der Waals surface area contributed by atoms with Gasteiger partial charge < -0.3 is 15.2 Å². The summed E-state index contributed by atoms with van der Waals surface area (Å²) in [5.41, 5.74) is 2.79. The average molecular weight is 429 g/mol. The molecule has 0 bridgehead atoms. The number of pyridine rings is 1. The Labute approximate surface area is 180 Å². The van der Waals surface area contributed by atoms with Crippen LogP contribution in [0, 0.1) is 0 Å². The first-order valence-corrected chi connectivity index (χ1v) is 10.3. The number of aromatic nitrogens is 1. The summed E-state index contributed by atoms with van der Waals surface area (Å²) >= 11 is 6.26. The summed E-state index contributed by atoms with van der Waals surface area (Å²) in [5.74, 6) is 0.293. The fourth-order valence-electron chi connectivity index (χ4n) is 3.09. The number of hydrogen-bond donors (Lipinski definition) is 2. The zero-order valence-corrected chi connectivity index (χ0v) is 17.8. The van der Waals surface area contributed by atoms with Crippen molar-refractivity contribution < 1.29 is 14.6 Å². The molecule has 0 aliphatic carbocycles. The van der Waals surface area contributed by atoms with Crippen LogP contribution in [-0.2, 0) is 9.53 Å². The summed E-state index contributed by atoms with van der Waals surface area (Å²) in [4.78, 5) is 26.1. The molecule has 0 saturated heterocycles. The quantitative estimate of drug-likeness (QED) is 0.659. The van der Waals surface area contributed by atoms with E-state index in [0.717, 1.165) is 5.56 Å². The van der Waals surface area contributed by atoms with Crippen LogP contribution in [0.5, 0.6) is 0 Å². The van der Waals surface area contributed by atoms with E-state index >= 15 is 0 Å². The Bertz CT molecular complexity index is 945. The van der Waals surface area contributed by atoms with Gasteiger partial charge in [0.15, 0.2) is 0 Å². The number of ether oxygens (including phenoxy) is 1. The van der Waals surface area contributed by atoms with Crippen LogP contribution in [0.3, 0.4) is 0 Å². The molecule has 8 heteroatoms. The van der Waals surface area contributed by atoms with Gasteiger partial charge in [-0.1, -0.05) is 17.7 Å². The SMILES string of the molecule is CCOC(=O)CC[C@@H]1N=C(c2ccccn2)c2cc(Cl)ccc2N=C1NCC(C)O. The van der Waals surface area contributed by atoms with Gasteiger partial charge >= 0.3 is 5.97 Å². The third-order valence-electron chi connectivity index (χ3n) is 4.47. The summed E-state index contributed by atoms with van der Waals surface area (Å²) in [7, 11) is 0. The largest absolute Gasteiger partial charge is 0.466 e. The summed E-state index contributed by atoms with van der Waals surface area (Å²) in [5, 5.41) is 13.5. The van der Waals surface area contributed by atoms with Crippen LogP contribution >= 0.6 is 11.6 Å². The minimum atomic E-state index is -0.564. The van der Waals surface area contributed by atoms with Crippen LogP contribution < -0.4 is 5.32 Å². The van der Waals surface area contributed by atoms with Crippen molar-refractivity contribution in [1.82, 2.24) is 10.3 Å². The molecule has 0 amide bonds. The Kier molecular flexibility index (Phi) is 7.54. The number of hydrogen-bond acceptors (Lipinski definition) is 7.